The molecule has 11 rings (SSSR count). The number of carbonyl (C=O) groups is 4. The maximum atomic E-state index is 13.5. The Labute approximate surface area is 841 Å². The Morgan fingerprint density at radius 3 is 0.958 bits per heavy atom. The van der Waals surface area contributed by atoms with Crippen molar-refractivity contribution in [1.29, 1.82) is 0 Å². The Balaban J connectivity index is 0.000000297. The van der Waals surface area contributed by atoms with E-state index in [9.17, 15) is 29.4 Å². The minimum atomic E-state index is -1.14. The molecule has 38 atom stereocenters. The van der Waals surface area contributed by atoms with Gasteiger partial charge in [-0.2, -0.15) is 0 Å². The van der Waals surface area contributed by atoms with Crippen LogP contribution in [0.15, 0.2) is 71.8 Å². The molecule has 44 heteroatoms. The van der Waals surface area contributed by atoms with E-state index in [0.29, 0.717) is 25.0 Å². The quantitative estimate of drug-likeness (QED) is 0.0314. The third-order valence-electron chi connectivity index (χ3n) is 28.1. The fourth-order valence-electron chi connectivity index (χ4n) is 21.3. The number of Topliss-reactive ketones (excluding diaryl/α,β-unsaturated/α-hetero) is 1. The molecule has 6 saturated heterocycles. The number of hydrogen-bond donors (Lipinski definition) is 6. The summed E-state index contributed by atoms with van der Waals surface area (Å²) in [6.45, 7) is 4.41. The number of benzene rings is 2. The number of halogens is 1. The van der Waals surface area contributed by atoms with Crippen LogP contribution in [0.4, 0.5) is 0 Å². The number of carbonyl (C=O) groups excluding carboxylic acids is 4. The van der Waals surface area contributed by atoms with Gasteiger partial charge in [-0.3, -0.25) is 19.2 Å². The normalized spacial score (nSPS) is 36.9. The summed E-state index contributed by atoms with van der Waals surface area (Å²) >= 11 is 3.26. The van der Waals surface area contributed by atoms with Crippen LogP contribution >= 0.6 is 15.9 Å². The highest BCUT2D eigenvalue weighted by molar-refractivity contribution is 9.09. The first-order valence-corrected chi connectivity index (χ1v) is 49.1. The second-order valence-electron chi connectivity index (χ2n) is 36.0. The fourth-order valence-corrected chi connectivity index (χ4v) is 21.8. The second kappa shape index (κ2) is 59.6. The number of hydrogen-bond acceptors (Lipinski definition) is 41. The molecule has 6 N–H and O–H groups in total. The van der Waals surface area contributed by atoms with Gasteiger partial charge >= 0.3 is 5.97 Å². The smallest absolute Gasteiger partial charge is 0.306 e. The van der Waals surface area contributed by atoms with Gasteiger partial charge in [0.05, 0.1) is 108 Å². The number of ether oxygens (including phenoxy) is 33. The zero-order valence-corrected chi connectivity index (χ0v) is 87.9. The molecule has 3 aliphatic carbocycles. The lowest BCUT2D eigenvalue weighted by atomic mass is 9.80. The number of aliphatic hydroxyl groups excluding tert-OH is 2. The summed E-state index contributed by atoms with van der Waals surface area (Å²) in [6.07, 6.45) is -21.7. The Bertz CT molecular complexity index is 4080. The van der Waals surface area contributed by atoms with E-state index in [1.165, 1.54) is 85.3 Å². The van der Waals surface area contributed by atoms with Gasteiger partial charge in [-0.1, -0.05) is 76.6 Å². The van der Waals surface area contributed by atoms with Crippen molar-refractivity contribution in [3.63, 3.8) is 0 Å². The molecule has 0 bridgehead atoms. The van der Waals surface area contributed by atoms with Crippen molar-refractivity contribution in [3.8, 4) is 11.1 Å². The summed E-state index contributed by atoms with van der Waals surface area (Å²) < 4.78 is 203. The summed E-state index contributed by atoms with van der Waals surface area (Å²) in [4.78, 5) is 51.8. The lowest BCUT2D eigenvalue weighted by molar-refractivity contribution is -0.375. The molecule has 16 unspecified atom stereocenters. The number of ketones is 1. The highest BCUT2D eigenvalue weighted by atomic mass is 79.9. The fraction of sp³-hybridized carbons (Fsp3) is 0.796. The molecule has 6 fully saturated rings. The van der Waals surface area contributed by atoms with Crippen molar-refractivity contribution in [3.05, 3.63) is 83.0 Å². The van der Waals surface area contributed by atoms with E-state index in [4.69, 9.17) is 156 Å². The first-order valence-electron chi connectivity index (χ1n) is 47.9. The third-order valence-corrected chi connectivity index (χ3v) is 28.5. The van der Waals surface area contributed by atoms with Crippen LogP contribution in [0.5, 0.6) is 0 Å². The van der Waals surface area contributed by atoms with E-state index in [0.717, 1.165) is 33.4 Å². The molecule has 0 saturated carbocycles. The van der Waals surface area contributed by atoms with Gasteiger partial charge in [-0.05, 0) is 47.2 Å². The molecule has 6 aliphatic heterocycles. The summed E-state index contributed by atoms with van der Waals surface area (Å²) in [5.74, 6) is -2.16. The zero-order chi connectivity index (χ0) is 103. The molecular weight excluding hydrogens is 1940 g/mol. The van der Waals surface area contributed by atoms with E-state index in [2.05, 4.69) is 49.3 Å². The number of esters is 1. The van der Waals surface area contributed by atoms with Crippen LogP contribution < -0.4 is 21.3 Å². The number of aliphatic hydroxyl groups is 2. The molecule has 810 valence electrons. The largest absolute Gasteiger partial charge is 0.465 e. The van der Waals surface area contributed by atoms with Gasteiger partial charge in [0, 0.05) is 205 Å². The first-order chi connectivity index (χ1) is 68.8. The molecular formula is C98H157BrN4O39. The van der Waals surface area contributed by atoms with Crippen LogP contribution in [0.1, 0.15) is 63.0 Å². The van der Waals surface area contributed by atoms with Gasteiger partial charge in [0.2, 0.25) is 11.8 Å². The van der Waals surface area contributed by atoms with Crippen molar-refractivity contribution in [2.45, 2.75) is 272 Å². The van der Waals surface area contributed by atoms with Crippen molar-refractivity contribution < 1.29 is 186 Å². The molecule has 2 amide bonds. The van der Waals surface area contributed by atoms with Crippen LogP contribution in [-0.2, 0) is 175 Å². The zero-order valence-electron chi connectivity index (χ0n) is 86.3. The number of amides is 2. The van der Waals surface area contributed by atoms with Gasteiger partial charge in [0.15, 0.2) is 37.6 Å². The lowest BCUT2D eigenvalue weighted by Gasteiger charge is -2.51. The minimum Gasteiger partial charge on any atom is -0.465 e. The van der Waals surface area contributed by atoms with Crippen LogP contribution in [0.3, 0.4) is 0 Å². The van der Waals surface area contributed by atoms with E-state index in [1.807, 2.05) is 62.4 Å². The third kappa shape index (κ3) is 28.3. The molecule has 2 aromatic rings. The summed E-state index contributed by atoms with van der Waals surface area (Å²) in [6, 6.07) is 14.5. The summed E-state index contributed by atoms with van der Waals surface area (Å²) in [7, 11) is 34.0. The van der Waals surface area contributed by atoms with Crippen LogP contribution in [0.25, 0.3) is 11.1 Å². The second-order valence-corrected chi connectivity index (χ2v) is 36.8. The summed E-state index contributed by atoms with van der Waals surface area (Å²) in [5.41, 5.74) is 6.17. The molecule has 0 spiro atoms. The molecule has 0 aromatic heterocycles. The molecule has 9 aliphatic rings. The lowest BCUT2D eigenvalue weighted by Crippen LogP contribution is -2.69. The Morgan fingerprint density at radius 2 is 0.641 bits per heavy atom. The molecule has 142 heavy (non-hydrogen) atoms. The number of rotatable bonds is 54. The van der Waals surface area contributed by atoms with Gasteiger partial charge in [-0.25, -0.2) is 0 Å². The number of methoxy groups -OCH3 is 22. The van der Waals surface area contributed by atoms with Crippen molar-refractivity contribution in [2.24, 2.45) is 11.8 Å². The van der Waals surface area contributed by atoms with E-state index >= 15 is 0 Å². The van der Waals surface area contributed by atoms with Crippen molar-refractivity contribution in [1.82, 2.24) is 21.3 Å². The molecule has 43 nitrogen and oxygen atoms in total. The van der Waals surface area contributed by atoms with E-state index < -0.39 is 226 Å². The van der Waals surface area contributed by atoms with E-state index in [-0.39, 0.29) is 107 Å². The minimum absolute atomic E-state index is 0.0120. The predicted molar refractivity (Wildman–Crippen MR) is 508 cm³/mol. The van der Waals surface area contributed by atoms with Gasteiger partial charge < -0.3 is 188 Å². The monoisotopic (exact) mass is 2090 g/mol. The van der Waals surface area contributed by atoms with Gasteiger partial charge in [0.25, 0.3) is 0 Å². The molecule has 6 heterocycles. The predicted octanol–water partition coefficient (Wildman–Crippen LogP) is 2.27. The highest BCUT2D eigenvalue weighted by Crippen LogP contribution is 2.46. The van der Waals surface area contributed by atoms with E-state index in [1.54, 1.807) is 71.1 Å². The van der Waals surface area contributed by atoms with Gasteiger partial charge in [0.1, 0.15) is 147 Å². The first kappa shape index (κ1) is 119. The average molecular weight is 2100 g/mol. The maximum absolute atomic E-state index is 13.5. The number of alkyl halides is 1. The Morgan fingerprint density at radius 1 is 0.331 bits per heavy atom. The average Bonchev–Trinajstić information content (AvgIpc) is 1.31. The van der Waals surface area contributed by atoms with Crippen molar-refractivity contribution in [2.75, 3.05) is 221 Å². The molecule has 0 radical (unpaired) electrons. The Kier molecular flexibility index (Phi) is 49.9. The maximum Gasteiger partial charge on any atom is 0.306 e. The Hall–Kier alpha value is -4.96. The van der Waals surface area contributed by atoms with Crippen LogP contribution in [-0.4, -0.2) is 475 Å². The topological polar surface area (TPSA) is 461 Å². The number of nitrogens with one attached hydrogen (secondary N) is 4. The summed E-state index contributed by atoms with van der Waals surface area (Å²) in [5, 5.41) is 34.3. The van der Waals surface area contributed by atoms with Crippen LogP contribution in [0.2, 0.25) is 0 Å². The standard InChI is InChI=1S/C55H82N2O20.C43H75BrN2O19/c1-29-42(56-37-23-30(25-61-2)35(24-58)43(64-5)44(37)65-6)47(66-7)51(70-11)54(73-29)76-46-39(28-63-4)75-55(52(71-12)49(46)68-9)77-45-38(27-62-3)74-53(50(69-10)48(45)67-8)57-40(59)21-22-41(60)72-26-36-33-19-15-13-17-31(33)32-18-14-16-20-34(32)36;1-22-30(45-26-17-23(19-50-2)25(18-47)31(53-5)32(26)54-6)35(55-7)39(59-11)42(61-22)64-34-28(21-52-4)63-43(40(60-12)37(34)57-9)65-33-27(20-51-3)62-41(38(58-10)36(33)56-8)46-29(49)14-13-24(48)15-16-44/h13-20,23,29,35-39,42-56,58H,21-22,24-28H2,1-12H3,(H,57,59);17,22,25-28,30-43,45,47H,13-16,18-21H2,1-12H3,(H,46,49)/t29?,35-,37+,38?,39?,42-,43+,44?,45-,46-,47+,48+,49+,50?,51?,52?,53?,54-,55-;22?,25-,26+,27?,28?,30-,31+,32?,33-,34-,35+,36+,37+,38?,39?,40?,41?,42-,43-/m00/s1. The number of fused-ring (bicyclic) bond motifs is 3. The van der Waals surface area contributed by atoms with Crippen molar-refractivity contribution >= 4 is 39.5 Å². The SMILES string of the molecule is COCC1=C[C@@H](N[C@H]2C(C)O[C@@H](O[C@H]3C(COC)O[C@@H](O[C@H]4C(COC)OC(NC(=O)CCC(=O)CCBr)C(OC)[C@@H]4OC)C(OC)[C@@H]3OC)C(OC)[C@@H]2OC)C(OC)[C@H](OC)[C@H]1CO.COCC1=C[C@@H](N[C@H]2C(C)O[C@@H](O[C@H]3C(COC)O[C@@H](O[C@H]4C(COC)OC(NC(=O)CCC(=O)OCC5c6ccccc6-c6ccccc65)C(OC)[C@@H]4OC)C(OC)[C@@H]3OC)C(OC)[C@@H]2OC)C(OC)[C@H](OC)[C@H]1CO. The molecule has 2 aromatic carbocycles. The van der Waals surface area contributed by atoms with Gasteiger partial charge in [-0.15, -0.1) is 0 Å². The van der Waals surface area contributed by atoms with Crippen LogP contribution in [0, 0.1) is 11.8 Å². The highest BCUT2D eigenvalue weighted by Gasteiger charge is 2.60.